The van der Waals surface area contributed by atoms with Gasteiger partial charge in [-0.15, -0.1) is 0 Å². The van der Waals surface area contributed by atoms with Gasteiger partial charge < -0.3 is 16.4 Å². The minimum absolute atomic E-state index is 0.0249. The van der Waals surface area contributed by atoms with Gasteiger partial charge in [-0.25, -0.2) is 0 Å². The van der Waals surface area contributed by atoms with Crippen LogP contribution in [0.25, 0.3) is 5.69 Å². The molecule has 0 spiro atoms. The number of rotatable bonds is 1. The summed E-state index contributed by atoms with van der Waals surface area (Å²) in [6, 6.07) is 6.63. The van der Waals surface area contributed by atoms with Gasteiger partial charge in [-0.2, -0.15) is 0 Å². The number of imide groups is 1. The second-order valence-electron chi connectivity index (χ2n) is 5.72. The topological polar surface area (TPSA) is 118 Å². The smallest absolute Gasteiger partial charge is 0.262 e. The molecule has 2 amide bonds. The molecule has 0 bridgehead atoms. The van der Waals surface area contributed by atoms with Crippen molar-refractivity contribution in [2.45, 2.75) is 6.54 Å². The predicted octanol–water partition coefficient (Wildman–Crippen LogP) is -0.182. The number of pyridine rings is 1. The molecule has 3 heterocycles. The molecule has 5 N–H and O–H groups in total. The van der Waals surface area contributed by atoms with Crippen LogP contribution in [-0.4, -0.2) is 29.5 Å². The van der Waals surface area contributed by atoms with Gasteiger partial charge >= 0.3 is 0 Å². The van der Waals surface area contributed by atoms with Gasteiger partial charge in [0.25, 0.3) is 17.4 Å². The van der Waals surface area contributed by atoms with Crippen molar-refractivity contribution >= 4 is 23.3 Å². The highest BCUT2D eigenvalue weighted by atomic mass is 16.2. The number of nitrogens with one attached hydrogen (secondary N) is 3. The van der Waals surface area contributed by atoms with Crippen LogP contribution in [0.15, 0.2) is 29.1 Å². The van der Waals surface area contributed by atoms with Crippen molar-refractivity contribution in [2.75, 3.05) is 24.1 Å². The number of amides is 2. The van der Waals surface area contributed by atoms with E-state index < -0.39 is 17.4 Å². The largest absolute Gasteiger partial charge is 0.384 e. The molecule has 0 atom stereocenters. The summed E-state index contributed by atoms with van der Waals surface area (Å²) in [6.07, 6.45) is 0. The van der Waals surface area contributed by atoms with Crippen molar-refractivity contribution in [1.82, 2.24) is 15.2 Å². The average molecular weight is 325 g/mol. The first kappa shape index (κ1) is 14.5. The van der Waals surface area contributed by atoms with E-state index in [1.165, 1.54) is 4.57 Å². The second-order valence-corrected chi connectivity index (χ2v) is 5.72. The molecule has 0 unspecified atom stereocenters. The molecule has 2 aliphatic rings. The summed E-state index contributed by atoms with van der Waals surface area (Å²) in [7, 11) is 0. The zero-order chi connectivity index (χ0) is 16.8. The fraction of sp³-hybridized carbons (Fsp3) is 0.188. The lowest BCUT2D eigenvalue weighted by Crippen LogP contribution is -2.24. The Kier molecular flexibility index (Phi) is 3.14. The number of nitrogens with two attached hydrogens (primary N) is 1. The van der Waals surface area contributed by atoms with Crippen LogP contribution in [0, 0.1) is 0 Å². The van der Waals surface area contributed by atoms with Gasteiger partial charge in [0.15, 0.2) is 0 Å². The molecule has 0 saturated carbocycles. The van der Waals surface area contributed by atoms with Crippen LogP contribution in [0.5, 0.6) is 0 Å². The summed E-state index contributed by atoms with van der Waals surface area (Å²) < 4.78 is 1.25. The molecule has 4 rings (SSSR count). The number of nitrogen functional groups attached to an aromatic ring is 1. The minimum atomic E-state index is -0.596. The zero-order valence-corrected chi connectivity index (χ0v) is 12.7. The van der Waals surface area contributed by atoms with Gasteiger partial charge in [-0.1, -0.05) is 0 Å². The van der Waals surface area contributed by atoms with E-state index in [1.54, 1.807) is 6.07 Å². The lowest BCUT2D eigenvalue weighted by Gasteiger charge is -2.14. The number of carbonyl (C=O) groups excluding carboxylic acids is 2. The quantitative estimate of drug-likeness (QED) is 0.540. The third-order valence-corrected chi connectivity index (χ3v) is 4.23. The van der Waals surface area contributed by atoms with Crippen LogP contribution in [0.2, 0.25) is 0 Å². The number of hydrogen-bond acceptors (Lipinski definition) is 6. The van der Waals surface area contributed by atoms with Crippen molar-refractivity contribution in [2.24, 2.45) is 0 Å². The Hall–Kier alpha value is -3.13. The molecule has 8 heteroatoms. The third-order valence-electron chi connectivity index (χ3n) is 4.23. The second kappa shape index (κ2) is 5.20. The molecule has 24 heavy (non-hydrogen) atoms. The molecule has 0 saturated heterocycles. The fourth-order valence-corrected chi connectivity index (χ4v) is 3.09. The van der Waals surface area contributed by atoms with E-state index in [0.29, 0.717) is 12.2 Å². The van der Waals surface area contributed by atoms with Crippen LogP contribution in [0.4, 0.5) is 11.5 Å². The lowest BCUT2D eigenvalue weighted by molar-refractivity contribution is 0.0880. The van der Waals surface area contributed by atoms with E-state index >= 15 is 0 Å². The van der Waals surface area contributed by atoms with E-state index in [9.17, 15) is 14.4 Å². The third kappa shape index (κ3) is 2.08. The first-order valence-electron chi connectivity index (χ1n) is 7.55. The normalized spacial score (nSPS) is 16.0. The highest BCUT2D eigenvalue weighted by Gasteiger charge is 2.31. The first-order valence-corrected chi connectivity index (χ1v) is 7.55. The van der Waals surface area contributed by atoms with Gasteiger partial charge in [0.2, 0.25) is 0 Å². The van der Waals surface area contributed by atoms with Crippen LogP contribution in [0.3, 0.4) is 0 Å². The van der Waals surface area contributed by atoms with Crippen LogP contribution < -0.4 is 27.2 Å². The summed E-state index contributed by atoms with van der Waals surface area (Å²) in [5.74, 6) is -1.21. The molecule has 2 aliphatic heterocycles. The lowest BCUT2D eigenvalue weighted by atomic mass is 10.1. The minimum Gasteiger partial charge on any atom is -0.384 e. The highest BCUT2D eigenvalue weighted by molar-refractivity contribution is 6.23. The SMILES string of the molecule is Nc1c2c(cc(=O)n1-c1ccc3c(c1)CNCCN3)C(=O)NC2=O. The Bertz CT molecular complexity index is 947. The molecule has 1 aromatic carbocycles. The van der Waals surface area contributed by atoms with Crippen molar-refractivity contribution in [1.29, 1.82) is 0 Å². The van der Waals surface area contributed by atoms with Gasteiger partial charge in [0.1, 0.15) is 5.82 Å². The molecular weight excluding hydrogens is 310 g/mol. The number of benzene rings is 1. The predicted molar refractivity (Wildman–Crippen MR) is 88.4 cm³/mol. The molecule has 0 fully saturated rings. The van der Waals surface area contributed by atoms with E-state index in [0.717, 1.165) is 30.4 Å². The maximum absolute atomic E-state index is 12.4. The van der Waals surface area contributed by atoms with Gasteiger partial charge in [0, 0.05) is 31.4 Å². The standard InChI is InChI=1S/C16H15N5O3/c17-14-13-10(15(23)20-16(13)24)6-12(22)21(14)9-1-2-11-8(5-9)7-18-3-4-19-11/h1-2,5-6,18-19H,3-4,7,17H2,(H,20,23,24). The molecule has 1 aromatic heterocycles. The number of fused-ring (bicyclic) bond motifs is 2. The molecule has 8 nitrogen and oxygen atoms in total. The highest BCUT2D eigenvalue weighted by Crippen LogP contribution is 2.25. The summed E-state index contributed by atoms with van der Waals surface area (Å²) >= 11 is 0. The van der Waals surface area contributed by atoms with Crippen LogP contribution >= 0.6 is 0 Å². The Labute approximate surface area is 136 Å². The van der Waals surface area contributed by atoms with Crippen LogP contribution in [-0.2, 0) is 6.54 Å². The summed E-state index contributed by atoms with van der Waals surface area (Å²) in [6.45, 7) is 2.32. The van der Waals surface area contributed by atoms with E-state index in [1.807, 2.05) is 12.1 Å². The summed E-state index contributed by atoms with van der Waals surface area (Å²) in [4.78, 5) is 36.1. The average Bonchev–Trinajstić information content (AvgIpc) is 2.73. The monoisotopic (exact) mass is 325 g/mol. The van der Waals surface area contributed by atoms with Gasteiger partial charge in [0.05, 0.1) is 16.8 Å². The Balaban J connectivity index is 1.91. The number of aromatic nitrogens is 1. The van der Waals surface area contributed by atoms with Crippen LogP contribution in [0.1, 0.15) is 26.3 Å². The number of nitrogens with zero attached hydrogens (tertiary/aromatic N) is 1. The van der Waals surface area contributed by atoms with Crippen molar-refractivity contribution in [3.05, 3.63) is 51.3 Å². The Morgan fingerprint density at radius 3 is 2.71 bits per heavy atom. The first-order chi connectivity index (χ1) is 11.6. The molecule has 0 radical (unpaired) electrons. The van der Waals surface area contributed by atoms with Crippen molar-refractivity contribution in [3.8, 4) is 5.69 Å². The number of anilines is 2. The van der Waals surface area contributed by atoms with E-state index in [4.69, 9.17) is 5.73 Å². The van der Waals surface area contributed by atoms with Crippen molar-refractivity contribution in [3.63, 3.8) is 0 Å². The van der Waals surface area contributed by atoms with E-state index in [-0.39, 0.29) is 16.9 Å². The molecule has 122 valence electrons. The summed E-state index contributed by atoms with van der Waals surface area (Å²) in [5.41, 5.74) is 8.20. The molecule has 0 aliphatic carbocycles. The molecule has 2 aromatic rings. The van der Waals surface area contributed by atoms with Crippen molar-refractivity contribution < 1.29 is 9.59 Å². The Morgan fingerprint density at radius 2 is 1.88 bits per heavy atom. The Morgan fingerprint density at radius 1 is 1.04 bits per heavy atom. The maximum Gasteiger partial charge on any atom is 0.262 e. The van der Waals surface area contributed by atoms with Gasteiger partial charge in [-0.3, -0.25) is 24.3 Å². The maximum atomic E-state index is 12.4. The van der Waals surface area contributed by atoms with E-state index in [2.05, 4.69) is 16.0 Å². The van der Waals surface area contributed by atoms with Gasteiger partial charge in [-0.05, 0) is 23.8 Å². The summed E-state index contributed by atoms with van der Waals surface area (Å²) in [5, 5.41) is 8.73. The fourth-order valence-electron chi connectivity index (χ4n) is 3.09. The number of hydrogen-bond donors (Lipinski definition) is 4. The number of carbonyl (C=O) groups is 2. The molecular formula is C16H15N5O3. The zero-order valence-electron chi connectivity index (χ0n) is 12.7.